The molecule has 0 saturated heterocycles. The molecular weight excluding hydrogens is 356 g/mol. The van der Waals surface area contributed by atoms with Crippen LogP contribution in [0.4, 0.5) is 5.69 Å². The molecule has 4 rings (SSSR count). The third-order valence-corrected chi connectivity index (χ3v) is 4.50. The molecule has 0 fully saturated rings. The highest BCUT2D eigenvalue weighted by Crippen LogP contribution is 2.30. The predicted molar refractivity (Wildman–Crippen MR) is 96.7 cm³/mol. The highest BCUT2D eigenvalue weighted by atomic mass is 35.5. The quantitative estimate of drug-likeness (QED) is 0.564. The molecule has 0 radical (unpaired) electrons. The second-order valence-corrected chi connectivity index (χ2v) is 6.08. The van der Waals surface area contributed by atoms with Gasteiger partial charge in [0.05, 0.1) is 22.9 Å². The Morgan fingerprint density at radius 1 is 1.19 bits per heavy atom. The van der Waals surface area contributed by atoms with Crippen LogP contribution in [-0.2, 0) is 13.1 Å². The van der Waals surface area contributed by atoms with Crippen molar-refractivity contribution in [1.82, 2.24) is 14.8 Å². The number of aromatic nitrogens is 3. The van der Waals surface area contributed by atoms with Gasteiger partial charge in [0, 0.05) is 28.3 Å². The number of nitro benzene ring substituents is 1. The number of hydrogen-bond donors (Lipinski definition) is 1. The van der Waals surface area contributed by atoms with E-state index in [2.05, 4.69) is 15.2 Å². The van der Waals surface area contributed by atoms with Crippen LogP contribution in [0.5, 0.6) is 0 Å². The third kappa shape index (κ3) is 2.56. The molecular formula is C17H13ClN6O2. The first-order valence-corrected chi connectivity index (χ1v) is 8.19. The number of benzene rings is 2. The summed E-state index contributed by atoms with van der Waals surface area (Å²) in [7, 11) is 0. The van der Waals surface area contributed by atoms with E-state index in [1.807, 2.05) is 18.2 Å². The van der Waals surface area contributed by atoms with Gasteiger partial charge in [-0.25, -0.2) is 0 Å². The number of halogens is 1. The predicted octanol–water partition coefficient (Wildman–Crippen LogP) is 2.64. The van der Waals surface area contributed by atoms with Crippen LogP contribution in [-0.4, -0.2) is 25.4 Å². The molecule has 2 heterocycles. The number of aliphatic imine (C=N–C) groups is 1. The zero-order chi connectivity index (χ0) is 18.3. The molecule has 2 N–H and O–H groups in total. The van der Waals surface area contributed by atoms with Crippen molar-refractivity contribution in [3.05, 3.63) is 80.4 Å². The number of non-ortho nitro benzene ring substituents is 1. The molecule has 0 amide bonds. The molecule has 130 valence electrons. The lowest BCUT2D eigenvalue weighted by molar-refractivity contribution is -0.384. The maximum atomic E-state index is 11.3. The highest BCUT2D eigenvalue weighted by Gasteiger charge is 2.25. The van der Waals surface area contributed by atoms with Crippen molar-refractivity contribution in [2.45, 2.75) is 13.1 Å². The number of nitro groups is 1. The molecule has 1 aromatic heterocycles. The molecule has 0 unspecified atom stereocenters. The Morgan fingerprint density at radius 3 is 2.73 bits per heavy atom. The number of nitrogens with zero attached hydrogens (tertiary/aromatic N) is 5. The van der Waals surface area contributed by atoms with E-state index in [1.54, 1.807) is 16.7 Å². The fraction of sp³-hybridized carbons (Fsp3) is 0.118. The Labute approximate surface area is 153 Å². The molecule has 1 aliphatic rings. The monoisotopic (exact) mass is 368 g/mol. The first-order chi connectivity index (χ1) is 12.6. The van der Waals surface area contributed by atoms with Gasteiger partial charge in [0.15, 0.2) is 11.6 Å². The van der Waals surface area contributed by atoms with E-state index in [0.29, 0.717) is 39.2 Å². The summed E-state index contributed by atoms with van der Waals surface area (Å²) in [5.41, 5.74) is 8.29. The molecule has 0 atom stereocenters. The maximum Gasteiger partial charge on any atom is 0.270 e. The minimum absolute atomic E-state index is 0.0330. The lowest BCUT2D eigenvalue weighted by Crippen LogP contribution is -2.12. The van der Waals surface area contributed by atoms with Crippen LogP contribution in [0.15, 0.2) is 47.5 Å². The number of nitrogens with two attached hydrogens (primary N) is 1. The van der Waals surface area contributed by atoms with E-state index < -0.39 is 4.92 Å². The van der Waals surface area contributed by atoms with Gasteiger partial charge in [0.2, 0.25) is 0 Å². The fourth-order valence-electron chi connectivity index (χ4n) is 3.01. The average Bonchev–Trinajstić information content (AvgIpc) is 2.98. The van der Waals surface area contributed by atoms with Crippen LogP contribution in [0.1, 0.15) is 22.8 Å². The van der Waals surface area contributed by atoms with Gasteiger partial charge in [-0.1, -0.05) is 29.8 Å². The highest BCUT2D eigenvalue weighted by molar-refractivity contribution is 6.35. The lowest BCUT2D eigenvalue weighted by Gasteiger charge is -2.13. The van der Waals surface area contributed by atoms with Crippen LogP contribution >= 0.6 is 11.6 Å². The normalized spacial score (nSPS) is 12.8. The molecule has 0 bridgehead atoms. The summed E-state index contributed by atoms with van der Waals surface area (Å²) in [6.07, 6.45) is 0. The summed E-state index contributed by atoms with van der Waals surface area (Å²) < 4.78 is 1.80. The SMILES string of the molecule is NCc1nnc2n1-c1ccc([N+](=O)[O-])cc1C(c1ccccc1Cl)=NC2. The van der Waals surface area contributed by atoms with Crippen LogP contribution in [0.2, 0.25) is 5.02 Å². The van der Waals surface area contributed by atoms with Crippen LogP contribution in [0.25, 0.3) is 5.69 Å². The van der Waals surface area contributed by atoms with Crippen molar-refractivity contribution in [3.8, 4) is 5.69 Å². The Balaban J connectivity index is 2.03. The summed E-state index contributed by atoms with van der Waals surface area (Å²) in [4.78, 5) is 15.5. The largest absolute Gasteiger partial charge is 0.324 e. The second-order valence-electron chi connectivity index (χ2n) is 5.68. The standard InChI is InChI=1S/C17H13ClN6O2/c18-13-4-2-1-3-11(13)17-12-7-10(24(25)26)5-6-14(12)23-15(8-19)21-22-16(23)9-20-17/h1-7H,8-9,19H2. The zero-order valence-corrected chi connectivity index (χ0v) is 14.2. The summed E-state index contributed by atoms with van der Waals surface area (Å²) in [5.74, 6) is 1.17. The molecule has 1 aliphatic heterocycles. The van der Waals surface area contributed by atoms with E-state index in [0.717, 1.165) is 0 Å². The van der Waals surface area contributed by atoms with Crippen molar-refractivity contribution in [3.63, 3.8) is 0 Å². The summed E-state index contributed by atoms with van der Waals surface area (Å²) >= 11 is 6.35. The van der Waals surface area contributed by atoms with E-state index in [-0.39, 0.29) is 18.8 Å². The number of hydrogen-bond acceptors (Lipinski definition) is 6. The Hall–Kier alpha value is -3.10. The van der Waals surface area contributed by atoms with Crippen LogP contribution in [0, 0.1) is 10.1 Å². The van der Waals surface area contributed by atoms with Gasteiger partial charge in [-0.05, 0) is 12.1 Å². The first kappa shape index (κ1) is 16.4. The molecule has 0 aliphatic carbocycles. The molecule has 0 spiro atoms. The van der Waals surface area contributed by atoms with E-state index >= 15 is 0 Å². The summed E-state index contributed by atoms with van der Waals surface area (Å²) in [6, 6.07) is 11.9. The number of rotatable bonds is 3. The van der Waals surface area contributed by atoms with Gasteiger partial charge in [0.1, 0.15) is 6.54 Å². The fourth-order valence-corrected chi connectivity index (χ4v) is 3.23. The van der Waals surface area contributed by atoms with Crippen molar-refractivity contribution >= 4 is 23.0 Å². The molecule has 0 saturated carbocycles. The average molecular weight is 369 g/mol. The first-order valence-electron chi connectivity index (χ1n) is 7.82. The molecule has 3 aromatic rings. The van der Waals surface area contributed by atoms with E-state index in [4.69, 9.17) is 17.3 Å². The van der Waals surface area contributed by atoms with Gasteiger partial charge in [0.25, 0.3) is 5.69 Å². The van der Waals surface area contributed by atoms with Crippen LogP contribution < -0.4 is 5.73 Å². The molecule has 2 aromatic carbocycles. The minimum Gasteiger partial charge on any atom is -0.324 e. The smallest absolute Gasteiger partial charge is 0.270 e. The Morgan fingerprint density at radius 2 is 2.00 bits per heavy atom. The Kier molecular flexibility index (Phi) is 3.98. The zero-order valence-electron chi connectivity index (χ0n) is 13.5. The summed E-state index contributed by atoms with van der Waals surface area (Å²) in [6.45, 7) is 0.445. The van der Waals surface area contributed by atoms with Gasteiger partial charge < -0.3 is 5.73 Å². The summed E-state index contributed by atoms with van der Waals surface area (Å²) in [5, 5.41) is 20.0. The van der Waals surface area contributed by atoms with Crippen molar-refractivity contribution in [2.24, 2.45) is 10.7 Å². The topological polar surface area (TPSA) is 112 Å². The Bertz CT molecular complexity index is 1060. The van der Waals surface area contributed by atoms with Crippen molar-refractivity contribution in [2.75, 3.05) is 0 Å². The van der Waals surface area contributed by atoms with Gasteiger partial charge in [-0.3, -0.25) is 19.7 Å². The van der Waals surface area contributed by atoms with Gasteiger partial charge in [-0.15, -0.1) is 10.2 Å². The van der Waals surface area contributed by atoms with Gasteiger partial charge in [-0.2, -0.15) is 0 Å². The molecule has 8 nitrogen and oxygen atoms in total. The third-order valence-electron chi connectivity index (χ3n) is 4.17. The van der Waals surface area contributed by atoms with Crippen molar-refractivity contribution in [1.29, 1.82) is 0 Å². The molecule has 26 heavy (non-hydrogen) atoms. The second kappa shape index (κ2) is 6.32. The van der Waals surface area contributed by atoms with Crippen LogP contribution in [0.3, 0.4) is 0 Å². The maximum absolute atomic E-state index is 11.3. The number of fused-ring (bicyclic) bond motifs is 3. The van der Waals surface area contributed by atoms with Crippen molar-refractivity contribution < 1.29 is 4.92 Å². The lowest BCUT2D eigenvalue weighted by atomic mass is 9.99. The molecule has 9 heteroatoms. The minimum atomic E-state index is -0.438. The van der Waals surface area contributed by atoms with Gasteiger partial charge >= 0.3 is 0 Å². The van der Waals surface area contributed by atoms with E-state index in [1.165, 1.54) is 12.1 Å². The van der Waals surface area contributed by atoms with E-state index in [9.17, 15) is 10.1 Å².